The molecule has 26 heavy (non-hydrogen) atoms. The van der Waals surface area contributed by atoms with Crippen LogP contribution in [0, 0.1) is 5.92 Å². The zero-order chi connectivity index (χ0) is 18.7. The molecule has 1 heterocycles. The summed E-state index contributed by atoms with van der Waals surface area (Å²) in [5.41, 5.74) is 2.49. The molecule has 1 aliphatic rings. The summed E-state index contributed by atoms with van der Waals surface area (Å²) in [6.07, 6.45) is 3.98. The van der Waals surface area contributed by atoms with Gasteiger partial charge in [0.2, 0.25) is 5.91 Å². The Labute approximate surface area is 157 Å². The van der Waals surface area contributed by atoms with E-state index >= 15 is 0 Å². The molecular weight excluding hydrogens is 350 g/mol. The fourth-order valence-corrected chi connectivity index (χ4v) is 4.75. The molecule has 5 nitrogen and oxygen atoms in total. The van der Waals surface area contributed by atoms with E-state index in [2.05, 4.69) is 12.2 Å². The van der Waals surface area contributed by atoms with Crippen molar-refractivity contribution in [3.8, 4) is 11.5 Å². The average molecular weight is 373 g/mol. The third-order valence-electron chi connectivity index (χ3n) is 4.76. The molecule has 1 atom stereocenters. The van der Waals surface area contributed by atoms with Crippen molar-refractivity contribution in [3.05, 3.63) is 39.8 Å². The summed E-state index contributed by atoms with van der Waals surface area (Å²) in [6, 6.07) is 5.36. The molecule has 0 spiro atoms. The highest BCUT2D eigenvalue weighted by Crippen LogP contribution is 2.38. The van der Waals surface area contributed by atoms with Crippen LogP contribution in [0.5, 0.6) is 11.5 Å². The monoisotopic (exact) mass is 373 g/mol. The van der Waals surface area contributed by atoms with Crippen molar-refractivity contribution in [1.82, 2.24) is 0 Å². The van der Waals surface area contributed by atoms with Gasteiger partial charge in [0.05, 0.1) is 26.2 Å². The van der Waals surface area contributed by atoms with Gasteiger partial charge in [0.25, 0.3) is 0 Å². The molecule has 1 aromatic heterocycles. The van der Waals surface area contributed by atoms with E-state index < -0.39 is 0 Å². The number of fused-ring (bicyclic) bond motifs is 1. The standard InChI is InChI=1S/C20H23NO4S/c1-12-4-6-15-16(11-22)20(26-18(15)8-12)21-19(23)10-13-9-14(24-2)5-7-17(13)25-3/h5,7,9,11-12H,4,6,8,10H2,1-3H3,(H,21,23). The van der Waals surface area contributed by atoms with Gasteiger partial charge < -0.3 is 14.8 Å². The number of nitrogens with one attached hydrogen (secondary N) is 1. The number of benzene rings is 1. The van der Waals surface area contributed by atoms with Crippen LogP contribution < -0.4 is 14.8 Å². The Kier molecular flexibility index (Phi) is 5.61. The first kappa shape index (κ1) is 18.5. The maximum absolute atomic E-state index is 12.6. The van der Waals surface area contributed by atoms with Crippen LogP contribution in [0.25, 0.3) is 0 Å². The van der Waals surface area contributed by atoms with Gasteiger partial charge in [0.15, 0.2) is 6.29 Å². The second-order valence-electron chi connectivity index (χ2n) is 6.62. The highest BCUT2D eigenvalue weighted by atomic mass is 32.1. The topological polar surface area (TPSA) is 64.6 Å². The molecule has 0 radical (unpaired) electrons. The molecule has 1 unspecified atom stereocenters. The smallest absolute Gasteiger partial charge is 0.229 e. The lowest BCUT2D eigenvalue weighted by atomic mass is 9.88. The number of ether oxygens (including phenoxy) is 2. The van der Waals surface area contributed by atoms with Gasteiger partial charge >= 0.3 is 0 Å². The summed E-state index contributed by atoms with van der Waals surface area (Å²) in [5, 5.41) is 3.58. The summed E-state index contributed by atoms with van der Waals surface area (Å²) in [6.45, 7) is 2.22. The number of hydrogen-bond acceptors (Lipinski definition) is 5. The van der Waals surface area contributed by atoms with E-state index in [9.17, 15) is 9.59 Å². The fourth-order valence-electron chi connectivity index (χ4n) is 3.36. The van der Waals surface area contributed by atoms with Gasteiger partial charge in [0.1, 0.15) is 16.5 Å². The summed E-state index contributed by atoms with van der Waals surface area (Å²) in [7, 11) is 3.15. The number of methoxy groups -OCH3 is 2. The molecule has 0 saturated heterocycles. The molecule has 3 rings (SSSR count). The molecular formula is C20H23NO4S. The van der Waals surface area contributed by atoms with Crippen molar-refractivity contribution in [2.75, 3.05) is 19.5 Å². The number of rotatable bonds is 6. The minimum absolute atomic E-state index is 0.150. The van der Waals surface area contributed by atoms with Gasteiger partial charge in [-0.2, -0.15) is 0 Å². The van der Waals surface area contributed by atoms with Gasteiger partial charge in [-0.15, -0.1) is 11.3 Å². The summed E-state index contributed by atoms with van der Waals surface area (Å²) in [4.78, 5) is 25.4. The van der Waals surface area contributed by atoms with E-state index in [0.29, 0.717) is 28.0 Å². The van der Waals surface area contributed by atoms with Crippen LogP contribution >= 0.6 is 11.3 Å². The van der Waals surface area contributed by atoms with Crippen LogP contribution in [-0.4, -0.2) is 26.4 Å². The highest BCUT2D eigenvalue weighted by molar-refractivity contribution is 7.16. The Hall–Kier alpha value is -2.34. The van der Waals surface area contributed by atoms with Gasteiger partial charge in [0, 0.05) is 10.4 Å². The number of hydrogen-bond donors (Lipinski definition) is 1. The maximum atomic E-state index is 12.6. The average Bonchev–Trinajstić information content (AvgIpc) is 2.97. The predicted octanol–water partition coefficient (Wildman–Crippen LogP) is 3.88. The first-order valence-electron chi connectivity index (χ1n) is 8.66. The molecule has 1 aromatic carbocycles. The number of thiophene rings is 1. The molecule has 1 aliphatic carbocycles. The highest BCUT2D eigenvalue weighted by Gasteiger charge is 2.24. The largest absolute Gasteiger partial charge is 0.497 e. The van der Waals surface area contributed by atoms with Gasteiger partial charge in [-0.25, -0.2) is 0 Å². The lowest BCUT2D eigenvalue weighted by Gasteiger charge is -2.17. The Morgan fingerprint density at radius 1 is 1.35 bits per heavy atom. The molecule has 6 heteroatoms. The van der Waals surface area contributed by atoms with Crippen LogP contribution in [0.3, 0.4) is 0 Å². The summed E-state index contributed by atoms with van der Waals surface area (Å²) in [5.74, 6) is 1.75. The number of amides is 1. The number of aldehydes is 1. The zero-order valence-electron chi connectivity index (χ0n) is 15.3. The minimum Gasteiger partial charge on any atom is -0.497 e. The Bertz CT molecular complexity index is 827. The fraction of sp³-hybridized carbons (Fsp3) is 0.400. The van der Waals surface area contributed by atoms with E-state index in [1.54, 1.807) is 32.4 Å². The molecule has 1 N–H and O–H groups in total. The number of anilines is 1. The summed E-state index contributed by atoms with van der Waals surface area (Å²) < 4.78 is 10.6. The molecule has 1 amide bonds. The number of carbonyl (C=O) groups is 2. The van der Waals surface area contributed by atoms with Gasteiger partial charge in [-0.3, -0.25) is 9.59 Å². The zero-order valence-corrected chi connectivity index (χ0v) is 16.1. The third-order valence-corrected chi connectivity index (χ3v) is 5.95. The van der Waals surface area contributed by atoms with Crippen LogP contribution in [0.4, 0.5) is 5.00 Å². The second-order valence-corrected chi connectivity index (χ2v) is 7.72. The Morgan fingerprint density at radius 3 is 2.85 bits per heavy atom. The molecule has 2 aromatic rings. The van der Waals surface area contributed by atoms with E-state index in [4.69, 9.17) is 9.47 Å². The van der Waals surface area contributed by atoms with Gasteiger partial charge in [-0.05, 0) is 48.9 Å². The molecule has 0 aliphatic heterocycles. The Balaban J connectivity index is 1.80. The van der Waals surface area contributed by atoms with E-state index in [-0.39, 0.29) is 12.3 Å². The van der Waals surface area contributed by atoms with Crippen molar-refractivity contribution in [2.24, 2.45) is 5.92 Å². The van der Waals surface area contributed by atoms with Crippen molar-refractivity contribution < 1.29 is 19.1 Å². The van der Waals surface area contributed by atoms with E-state index in [1.807, 2.05) is 0 Å². The van der Waals surface area contributed by atoms with Crippen LogP contribution in [0.2, 0.25) is 0 Å². The minimum atomic E-state index is -0.175. The second kappa shape index (κ2) is 7.91. The maximum Gasteiger partial charge on any atom is 0.229 e. The van der Waals surface area contributed by atoms with E-state index in [1.165, 1.54) is 16.2 Å². The van der Waals surface area contributed by atoms with Crippen LogP contribution in [0.1, 0.15) is 39.7 Å². The molecule has 138 valence electrons. The first-order chi connectivity index (χ1) is 12.5. The molecule has 0 bridgehead atoms. The van der Waals surface area contributed by atoms with E-state index in [0.717, 1.165) is 36.7 Å². The molecule has 0 fully saturated rings. The van der Waals surface area contributed by atoms with Crippen LogP contribution in [-0.2, 0) is 24.1 Å². The van der Waals surface area contributed by atoms with Gasteiger partial charge in [-0.1, -0.05) is 6.92 Å². The summed E-state index contributed by atoms with van der Waals surface area (Å²) >= 11 is 1.53. The normalized spacial score (nSPS) is 15.9. The lowest BCUT2D eigenvalue weighted by Crippen LogP contribution is -2.15. The lowest BCUT2D eigenvalue weighted by molar-refractivity contribution is -0.115. The van der Waals surface area contributed by atoms with Crippen molar-refractivity contribution in [1.29, 1.82) is 0 Å². The first-order valence-corrected chi connectivity index (χ1v) is 9.47. The predicted molar refractivity (Wildman–Crippen MR) is 103 cm³/mol. The van der Waals surface area contributed by atoms with Crippen molar-refractivity contribution in [3.63, 3.8) is 0 Å². The Morgan fingerprint density at radius 2 is 2.15 bits per heavy atom. The van der Waals surface area contributed by atoms with Crippen LogP contribution in [0.15, 0.2) is 18.2 Å². The third kappa shape index (κ3) is 3.75. The SMILES string of the molecule is COc1ccc(OC)c(CC(=O)Nc2sc3c(c2C=O)CCC(C)C3)c1. The van der Waals surface area contributed by atoms with Crippen molar-refractivity contribution >= 4 is 28.5 Å². The quantitative estimate of drug-likeness (QED) is 0.781. The number of carbonyl (C=O) groups excluding carboxylic acids is 2. The van der Waals surface area contributed by atoms with Crippen molar-refractivity contribution in [2.45, 2.75) is 32.6 Å². The molecule has 0 saturated carbocycles.